The van der Waals surface area contributed by atoms with Crippen LogP contribution in [0.4, 0.5) is 26.3 Å². The molecule has 0 aliphatic heterocycles. The first-order chi connectivity index (χ1) is 8.00. The molecule has 0 heterocycles. The molecule has 0 unspecified atom stereocenters. The number of rotatable bonds is 2. The van der Waals surface area contributed by atoms with Crippen molar-refractivity contribution in [2.45, 2.75) is 25.6 Å². The van der Waals surface area contributed by atoms with Crippen LogP contribution in [0.25, 0.3) is 0 Å². The zero-order valence-electron chi connectivity index (χ0n) is 8.93. The Kier molecular flexibility index (Phi) is 3.80. The third-order valence-electron chi connectivity index (χ3n) is 1.87. The molecule has 0 aliphatic rings. The lowest BCUT2D eigenvalue weighted by Gasteiger charge is -2.15. The number of ether oxygens (including phenoxy) is 1. The van der Waals surface area contributed by atoms with Gasteiger partial charge in [-0.1, -0.05) is 0 Å². The van der Waals surface area contributed by atoms with E-state index in [1.54, 1.807) is 0 Å². The first-order valence-electron chi connectivity index (χ1n) is 4.64. The molecule has 1 N–H and O–H groups in total. The van der Waals surface area contributed by atoms with E-state index in [4.69, 9.17) is 5.11 Å². The van der Waals surface area contributed by atoms with Crippen LogP contribution in [0, 0.1) is 0 Å². The van der Waals surface area contributed by atoms with Crippen molar-refractivity contribution in [2.75, 3.05) is 0 Å². The molecule has 1 aromatic rings. The number of hydrogen-bond acceptors (Lipinski definition) is 2. The summed E-state index contributed by atoms with van der Waals surface area (Å²) in [6.07, 6.45) is -11.4. The van der Waals surface area contributed by atoms with Gasteiger partial charge in [0, 0.05) is 0 Å². The molecule has 2 nitrogen and oxygen atoms in total. The molecule has 0 aromatic heterocycles. The molecule has 18 heavy (non-hydrogen) atoms. The van der Waals surface area contributed by atoms with Crippen LogP contribution in [0.15, 0.2) is 18.2 Å². The fourth-order valence-corrected chi connectivity index (χ4v) is 1.19. The summed E-state index contributed by atoms with van der Waals surface area (Å²) < 4.78 is 78.8. The summed E-state index contributed by atoms with van der Waals surface area (Å²) in [6.45, 7) is 1.06. The Labute approximate surface area is 97.8 Å². The lowest BCUT2D eigenvalue weighted by Crippen LogP contribution is -2.14. The predicted octanol–water partition coefficient (Wildman–Crippen LogP) is 3.44. The van der Waals surface area contributed by atoms with Crippen molar-refractivity contribution < 1.29 is 36.2 Å². The number of hydrogen-bond donors (Lipinski definition) is 1. The zero-order valence-corrected chi connectivity index (χ0v) is 8.93. The minimum atomic E-state index is -4.93. The average molecular weight is 274 g/mol. The van der Waals surface area contributed by atoms with Gasteiger partial charge in [0.05, 0.1) is 11.1 Å². The third kappa shape index (κ3) is 3.80. The maximum Gasteiger partial charge on any atom is 0.416 e. The maximum absolute atomic E-state index is 12.4. The smallest absolute Gasteiger partial charge is 0.416 e. The molecular weight excluding hydrogens is 266 g/mol. The number of benzene rings is 1. The summed E-state index contributed by atoms with van der Waals surface area (Å²) in [5, 5.41) is 8.81. The van der Waals surface area contributed by atoms with Crippen LogP contribution >= 0.6 is 0 Å². The largest absolute Gasteiger partial charge is 0.465 e. The summed E-state index contributed by atoms with van der Waals surface area (Å²) in [4.78, 5) is 0. The average Bonchev–Trinajstić information content (AvgIpc) is 2.13. The number of aliphatic hydroxyl groups is 1. The van der Waals surface area contributed by atoms with Crippen molar-refractivity contribution in [1.29, 1.82) is 0 Å². The van der Waals surface area contributed by atoms with Gasteiger partial charge >= 0.3 is 12.4 Å². The Morgan fingerprint density at radius 2 is 1.33 bits per heavy atom. The van der Waals surface area contributed by atoms with Gasteiger partial charge in [-0.3, -0.25) is 0 Å². The number of halogens is 6. The Hall–Kier alpha value is -1.44. The van der Waals surface area contributed by atoms with Crippen molar-refractivity contribution in [2.24, 2.45) is 0 Å². The highest BCUT2D eigenvalue weighted by Gasteiger charge is 2.37. The first-order valence-corrected chi connectivity index (χ1v) is 4.64. The van der Waals surface area contributed by atoms with E-state index in [0.717, 1.165) is 6.92 Å². The molecule has 102 valence electrons. The van der Waals surface area contributed by atoms with E-state index in [1.807, 2.05) is 0 Å². The van der Waals surface area contributed by atoms with E-state index in [2.05, 4.69) is 4.74 Å². The Morgan fingerprint density at radius 3 is 1.61 bits per heavy atom. The van der Waals surface area contributed by atoms with Gasteiger partial charge in [0.15, 0.2) is 6.29 Å². The van der Waals surface area contributed by atoms with E-state index < -0.39 is 35.5 Å². The molecule has 0 spiro atoms. The normalized spacial score (nSPS) is 14.4. The fourth-order valence-electron chi connectivity index (χ4n) is 1.19. The highest BCUT2D eigenvalue weighted by molar-refractivity contribution is 5.37. The Balaban J connectivity index is 3.29. The first kappa shape index (κ1) is 14.6. The van der Waals surface area contributed by atoms with Crippen LogP contribution in [0.1, 0.15) is 18.1 Å². The lowest BCUT2D eigenvalue weighted by atomic mass is 10.1. The van der Waals surface area contributed by atoms with Crippen molar-refractivity contribution in [3.63, 3.8) is 0 Å². The topological polar surface area (TPSA) is 29.5 Å². The van der Waals surface area contributed by atoms with Crippen molar-refractivity contribution >= 4 is 0 Å². The summed E-state index contributed by atoms with van der Waals surface area (Å²) >= 11 is 0. The molecule has 0 fully saturated rings. The van der Waals surface area contributed by atoms with E-state index in [0.29, 0.717) is 12.1 Å². The molecule has 0 saturated heterocycles. The monoisotopic (exact) mass is 274 g/mol. The highest BCUT2D eigenvalue weighted by atomic mass is 19.4. The van der Waals surface area contributed by atoms with E-state index in [1.165, 1.54) is 0 Å². The summed E-state index contributed by atoms with van der Waals surface area (Å²) in [6, 6.07) is 0.763. The molecular formula is C10H8F6O2. The van der Waals surface area contributed by atoms with Crippen LogP contribution in [-0.2, 0) is 12.4 Å². The Bertz CT molecular complexity index is 389. The molecule has 0 radical (unpaired) electrons. The third-order valence-corrected chi connectivity index (χ3v) is 1.87. The van der Waals surface area contributed by atoms with Gasteiger partial charge in [0.25, 0.3) is 0 Å². The quantitative estimate of drug-likeness (QED) is 0.661. The van der Waals surface area contributed by atoms with Crippen LogP contribution < -0.4 is 4.74 Å². The molecule has 0 saturated carbocycles. The Morgan fingerprint density at radius 1 is 0.944 bits per heavy atom. The van der Waals surface area contributed by atoms with E-state index in [9.17, 15) is 26.3 Å². The molecule has 1 aromatic carbocycles. The number of aliphatic hydroxyl groups excluding tert-OH is 1. The lowest BCUT2D eigenvalue weighted by molar-refractivity contribution is -0.143. The summed E-state index contributed by atoms with van der Waals surface area (Å²) in [5.74, 6) is -0.702. The minimum Gasteiger partial charge on any atom is -0.465 e. The van der Waals surface area contributed by atoms with Crippen LogP contribution in [-0.4, -0.2) is 11.4 Å². The molecule has 1 rings (SSSR count). The summed E-state index contributed by atoms with van der Waals surface area (Å²) in [7, 11) is 0. The van der Waals surface area contributed by atoms with Gasteiger partial charge in [-0.15, -0.1) is 0 Å². The van der Waals surface area contributed by atoms with Gasteiger partial charge in [-0.2, -0.15) is 26.3 Å². The standard InChI is InChI=1S/C10H8F6O2/c1-5(17)18-8-3-6(9(11,12)13)2-7(4-8)10(14,15)16/h2-5,17H,1H3/t5-/m0/s1. The van der Waals surface area contributed by atoms with E-state index >= 15 is 0 Å². The molecule has 8 heteroatoms. The van der Waals surface area contributed by atoms with Crippen LogP contribution in [0.5, 0.6) is 5.75 Å². The van der Waals surface area contributed by atoms with Crippen LogP contribution in [0.3, 0.4) is 0 Å². The number of alkyl halides is 6. The van der Waals surface area contributed by atoms with Crippen molar-refractivity contribution in [1.82, 2.24) is 0 Å². The predicted molar refractivity (Wildman–Crippen MR) is 48.8 cm³/mol. The molecule has 0 aliphatic carbocycles. The molecule has 0 amide bonds. The van der Waals surface area contributed by atoms with E-state index in [-0.39, 0.29) is 6.07 Å². The zero-order chi connectivity index (χ0) is 14.1. The van der Waals surface area contributed by atoms with Gasteiger partial charge in [0.2, 0.25) is 0 Å². The van der Waals surface area contributed by atoms with Gasteiger partial charge in [0.1, 0.15) is 5.75 Å². The maximum atomic E-state index is 12.4. The fraction of sp³-hybridized carbons (Fsp3) is 0.400. The second kappa shape index (κ2) is 4.68. The second-order valence-corrected chi connectivity index (χ2v) is 3.46. The SMILES string of the molecule is C[C@@H](O)Oc1cc(C(F)(F)F)cc(C(F)(F)F)c1. The molecule has 1 atom stereocenters. The van der Waals surface area contributed by atoms with Gasteiger partial charge in [-0.05, 0) is 25.1 Å². The van der Waals surface area contributed by atoms with Crippen molar-refractivity contribution in [3.8, 4) is 5.75 Å². The molecule has 0 bridgehead atoms. The van der Waals surface area contributed by atoms with Crippen LogP contribution in [0.2, 0.25) is 0 Å². The highest BCUT2D eigenvalue weighted by Crippen LogP contribution is 2.38. The minimum absolute atomic E-state index is 0.0189. The second-order valence-electron chi connectivity index (χ2n) is 3.46. The summed E-state index contributed by atoms with van der Waals surface area (Å²) in [5.41, 5.74) is -2.99. The van der Waals surface area contributed by atoms with Gasteiger partial charge in [-0.25, -0.2) is 0 Å². The van der Waals surface area contributed by atoms with Gasteiger partial charge < -0.3 is 9.84 Å². The van der Waals surface area contributed by atoms with Crippen molar-refractivity contribution in [3.05, 3.63) is 29.3 Å².